The van der Waals surface area contributed by atoms with Crippen molar-refractivity contribution in [3.63, 3.8) is 0 Å². The zero-order valence-corrected chi connectivity index (χ0v) is 20.0. The van der Waals surface area contributed by atoms with Crippen LogP contribution in [0, 0.1) is 0 Å². The summed E-state index contributed by atoms with van der Waals surface area (Å²) in [5.41, 5.74) is 1.82. The van der Waals surface area contributed by atoms with E-state index in [1.807, 2.05) is 31.2 Å². The number of halogens is 3. The van der Waals surface area contributed by atoms with E-state index in [0.717, 1.165) is 17.5 Å². The Bertz CT molecular complexity index is 862. The van der Waals surface area contributed by atoms with Crippen molar-refractivity contribution in [3.05, 3.63) is 68.7 Å². The maximum Gasteiger partial charge on any atom is 0.242 e. The van der Waals surface area contributed by atoms with Crippen molar-refractivity contribution in [3.8, 4) is 0 Å². The van der Waals surface area contributed by atoms with Crippen molar-refractivity contribution in [2.24, 2.45) is 0 Å². The molecule has 0 aliphatic heterocycles. The Hall–Kier alpha value is -1.40. The van der Waals surface area contributed by atoms with Crippen molar-refractivity contribution in [1.82, 2.24) is 10.2 Å². The summed E-state index contributed by atoms with van der Waals surface area (Å²) >= 11 is 19.7. The second-order valence-electron chi connectivity index (χ2n) is 6.84. The molecule has 2 rings (SSSR count). The van der Waals surface area contributed by atoms with Gasteiger partial charge in [0.2, 0.25) is 11.8 Å². The molecule has 2 aromatic rings. The van der Waals surface area contributed by atoms with Gasteiger partial charge in [0.25, 0.3) is 0 Å². The van der Waals surface area contributed by atoms with Crippen LogP contribution >= 0.6 is 46.6 Å². The molecule has 1 atom stereocenters. The average molecular weight is 488 g/mol. The van der Waals surface area contributed by atoms with Crippen molar-refractivity contribution in [2.75, 3.05) is 12.3 Å². The molecule has 4 nitrogen and oxygen atoms in total. The van der Waals surface area contributed by atoms with Crippen LogP contribution in [0.2, 0.25) is 15.1 Å². The second kappa shape index (κ2) is 12.5. The summed E-state index contributed by atoms with van der Waals surface area (Å²) in [4.78, 5) is 27.1. The van der Waals surface area contributed by atoms with Crippen molar-refractivity contribution in [2.45, 2.75) is 38.6 Å². The standard InChI is InChI=1S/C22H25Cl3N2O2S/c1-3-10-26-22(29)15(2)27(12-17-6-9-19(24)11-20(17)25)21(28)14-30-13-16-4-7-18(23)8-5-16/h4-9,11,15H,3,10,12-14H2,1-2H3,(H,26,29)/t15-/m0/s1. The molecule has 1 N–H and O–H groups in total. The van der Waals surface area contributed by atoms with E-state index in [1.54, 1.807) is 30.0 Å². The summed E-state index contributed by atoms with van der Waals surface area (Å²) in [6, 6.07) is 12.1. The number of nitrogens with zero attached hydrogens (tertiary/aromatic N) is 1. The van der Waals surface area contributed by atoms with E-state index in [4.69, 9.17) is 34.8 Å². The first-order chi connectivity index (χ1) is 14.3. The van der Waals surface area contributed by atoms with E-state index < -0.39 is 6.04 Å². The zero-order valence-electron chi connectivity index (χ0n) is 17.0. The van der Waals surface area contributed by atoms with E-state index in [2.05, 4.69) is 5.32 Å². The molecule has 8 heteroatoms. The Morgan fingerprint density at radius 3 is 2.37 bits per heavy atom. The molecule has 0 aromatic heterocycles. The molecule has 0 saturated carbocycles. The molecule has 0 unspecified atom stereocenters. The predicted octanol–water partition coefficient (Wildman–Crippen LogP) is 5.82. The highest BCUT2D eigenvalue weighted by Gasteiger charge is 2.26. The van der Waals surface area contributed by atoms with Gasteiger partial charge in [-0.1, -0.05) is 59.9 Å². The van der Waals surface area contributed by atoms with Gasteiger partial charge in [0, 0.05) is 33.9 Å². The first-order valence-electron chi connectivity index (χ1n) is 9.65. The molecule has 0 aliphatic carbocycles. The van der Waals surface area contributed by atoms with E-state index in [0.29, 0.717) is 27.4 Å². The topological polar surface area (TPSA) is 49.4 Å². The summed E-state index contributed by atoms with van der Waals surface area (Å²) in [5.74, 6) is 0.616. The molecule has 30 heavy (non-hydrogen) atoms. The van der Waals surface area contributed by atoms with E-state index in [9.17, 15) is 9.59 Å². The van der Waals surface area contributed by atoms with Crippen LogP contribution in [0.5, 0.6) is 0 Å². The van der Waals surface area contributed by atoms with Gasteiger partial charge >= 0.3 is 0 Å². The summed E-state index contributed by atoms with van der Waals surface area (Å²) in [6.07, 6.45) is 0.826. The lowest BCUT2D eigenvalue weighted by atomic mass is 10.1. The van der Waals surface area contributed by atoms with Gasteiger partial charge in [-0.3, -0.25) is 9.59 Å². The first-order valence-corrected chi connectivity index (χ1v) is 11.9. The second-order valence-corrected chi connectivity index (χ2v) is 9.11. The molecule has 0 spiro atoms. The third-order valence-electron chi connectivity index (χ3n) is 4.48. The van der Waals surface area contributed by atoms with Gasteiger partial charge in [-0.15, -0.1) is 11.8 Å². The van der Waals surface area contributed by atoms with Gasteiger partial charge < -0.3 is 10.2 Å². The van der Waals surface area contributed by atoms with Gasteiger partial charge in [0.15, 0.2) is 0 Å². The third kappa shape index (κ3) is 7.69. The smallest absolute Gasteiger partial charge is 0.242 e. The van der Waals surface area contributed by atoms with Crippen LogP contribution in [-0.2, 0) is 21.9 Å². The van der Waals surface area contributed by atoms with Gasteiger partial charge in [-0.05, 0) is 48.7 Å². The summed E-state index contributed by atoms with van der Waals surface area (Å²) in [5, 5.41) is 4.53. The number of nitrogens with one attached hydrogen (secondary N) is 1. The van der Waals surface area contributed by atoms with Crippen LogP contribution in [0.3, 0.4) is 0 Å². The highest BCUT2D eigenvalue weighted by molar-refractivity contribution is 7.99. The maximum atomic E-state index is 13.0. The van der Waals surface area contributed by atoms with Crippen molar-refractivity contribution < 1.29 is 9.59 Å². The Kier molecular flexibility index (Phi) is 10.3. The van der Waals surface area contributed by atoms with Crippen LogP contribution in [0.25, 0.3) is 0 Å². The number of hydrogen-bond acceptors (Lipinski definition) is 3. The minimum absolute atomic E-state index is 0.126. The van der Waals surface area contributed by atoms with Gasteiger partial charge in [0.1, 0.15) is 6.04 Å². The number of amides is 2. The molecule has 0 aliphatic rings. The molecule has 0 bridgehead atoms. The molecule has 2 amide bonds. The number of carbonyl (C=O) groups is 2. The maximum absolute atomic E-state index is 13.0. The van der Waals surface area contributed by atoms with Crippen LogP contribution < -0.4 is 5.32 Å². The van der Waals surface area contributed by atoms with Gasteiger partial charge in [-0.25, -0.2) is 0 Å². The molecular formula is C22H25Cl3N2O2S. The molecular weight excluding hydrogens is 463 g/mol. The number of carbonyl (C=O) groups excluding carboxylic acids is 2. The lowest BCUT2D eigenvalue weighted by molar-refractivity contribution is -0.138. The molecule has 2 aromatic carbocycles. The number of benzene rings is 2. The minimum atomic E-state index is -0.619. The number of rotatable bonds is 10. The molecule has 0 radical (unpaired) electrons. The van der Waals surface area contributed by atoms with Crippen molar-refractivity contribution in [1.29, 1.82) is 0 Å². The molecule has 162 valence electrons. The molecule has 0 fully saturated rings. The zero-order chi connectivity index (χ0) is 22.1. The highest BCUT2D eigenvalue weighted by atomic mass is 35.5. The Balaban J connectivity index is 2.09. The van der Waals surface area contributed by atoms with Crippen LogP contribution in [0.15, 0.2) is 42.5 Å². The van der Waals surface area contributed by atoms with Crippen LogP contribution in [0.4, 0.5) is 0 Å². The molecule has 0 heterocycles. The largest absolute Gasteiger partial charge is 0.354 e. The van der Waals surface area contributed by atoms with Crippen LogP contribution in [0.1, 0.15) is 31.4 Å². The fourth-order valence-electron chi connectivity index (χ4n) is 2.73. The summed E-state index contributed by atoms with van der Waals surface area (Å²) in [7, 11) is 0. The lowest BCUT2D eigenvalue weighted by Crippen LogP contribution is -2.48. The lowest BCUT2D eigenvalue weighted by Gasteiger charge is -2.29. The van der Waals surface area contributed by atoms with Crippen molar-refractivity contribution >= 4 is 58.4 Å². The average Bonchev–Trinajstić information content (AvgIpc) is 2.72. The Morgan fingerprint density at radius 2 is 1.73 bits per heavy atom. The van der Waals surface area contributed by atoms with E-state index >= 15 is 0 Å². The fourth-order valence-corrected chi connectivity index (χ4v) is 4.20. The predicted molar refractivity (Wildman–Crippen MR) is 127 cm³/mol. The number of hydrogen-bond donors (Lipinski definition) is 1. The third-order valence-corrected chi connectivity index (χ3v) is 6.31. The van der Waals surface area contributed by atoms with Gasteiger partial charge in [-0.2, -0.15) is 0 Å². The molecule has 0 saturated heterocycles. The fraction of sp³-hybridized carbons (Fsp3) is 0.364. The monoisotopic (exact) mass is 486 g/mol. The minimum Gasteiger partial charge on any atom is -0.354 e. The Morgan fingerprint density at radius 1 is 1.07 bits per heavy atom. The summed E-state index contributed by atoms with van der Waals surface area (Å²) < 4.78 is 0. The highest BCUT2D eigenvalue weighted by Crippen LogP contribution is 2.24. The SMILES string of the molecule is CCCNC(=O)[C@H](C)N(Cc1ccc(Cl)cc1Cl)C(=O)CSCc1ccc(Cl)cc1. The normalized spacial score (nSPS) is 11.8. The first kappa shape index (κ1) is 24.9. The van der Waals surface area contributed by atoms with E-state index in [1.165, 1.54) is 11.8 Å². The van der Waals surface area contributed by atoms with Gasteiger partial charge in [0.05, 0.1) is 5.75 Å². The van der Waals surface area contributed by atoms with Crippen LogP contribution in [-0.4, -0.2) is 35.1 Å². The van der Waals surface area contributed by atoms with E-state index in [-0.39, 0.29) is 24.1 Å². The Labute approximate surface area is 197 Å². The summed E-state index contributed by atoms with van der Waals surface area (Å²) in [6.45, 7) is 4.51. The quantitative estimate of drug-likeness (QED) is 0.459. The number of thioether (sulfide) groups is 1.